The van der Waals surface area contributed by atoms with Crippen molar-refractivity contribution in [2.45, 2.75) is 46.6 Å². The third-order valence-electron chi connectivity index (χ3n) is 2.05. The van der Waals surface area contributed by atoms with E-state index in [1.165, 1.54) is 5.70 Å². The Morgan fingerprint density at radius 2 is 1.92 bits per heavy atom. The van der Waals surface area contributed by atoms with Crippen LogP contribution in [0.3, 0.4) is 0 Å². The average Bonchev–Trinajstić information content (AvgIpc) is 2.33. The van der Waals surface area contributed by atoms with Gasteiger partial charge in [0.1, 0.15) is 0 Å². The van der Waals surface area contributed by atoms with E-state index in [1.54, 1.807) is 0 Å². The molecule has 74 valence electrons. The van der Waals surface area contributed by atoms with Gasteiger partial charge in [-0.1, -0.05) is 27.7 Å². The molecule has 1 rings (SSSR count). The standard InChI is InChI=1S/C11H20N2/c1-8(2)5-10-7-11(13-12-10)6-9(3)4/h7-10H,5-6H2,1-4H3. The lowest BCUT2D eigenvalue weighted by atomic mass is 10.0. The Labute approximate surface area is 81.1 Å². The fraction of sp³-hybridized carbons (Fsp3) is 0.818. The van der Waals surface area contributed by atoms with E-state index in [2.05, 4.69) is 44.0 Å². The van der Waals surface area contributed by atoms with E-state index in [0.29, 0.717) is 17.9 Å². The summed E-state index contributed by atoms with van der Waals surface area (Å²) in [6.45, 7) is 8.88. The highest BCUT2D eigenvalue weighted by Gasteiger charge is 2.14. The van der Waals surface area contributed by atoms with Gasteiger partial charge >= 0.3 is 0 Å². The average molecular weight is 180 g/mol. The second-order valence-electron chi connectivity index (χ2n) is 4.67. The van der Waals surface area contributed by atoms with Crippen molar-refractivity contribution in [3.05, 3.63) is 11.8 Å². The van der Waals surface area contributed by atoms with E-state index in [-0.39, 0.29) is 0 Å². The first kappa shape index (κ1) is 10.4. The normalized spacial score (nSPS) is 21.7. The number of hydrogen-bond acceptors (Lipinski definition) is 2. The number of allylic oxidation sites excluding steroid dienone is 1. The molecule has 1 aliphatic rings. The van der Waals surface area contributed by atoms with Gasteiger partial charge in [0.25, 0.3) is 0 Å². The minimum Gasteiger partial charge on any atom is -0.181 e. The summed E-state index contributed by atoms with van der Waals surface area (Å²) in [4.78, 5) is 0. The number of nitrogens with zero attached hydrogens (tertiary/aromatic N) is 2. The summed E-state index contributed by atoms with van der Waals surface area (Å²) < 4.78 is 0. The maximum atomic E-state index is 4.24. The van der Waals surface area contributed by atoms with E-state index < -0.39 is 0 Å². The number of hydrogen-bond donors (Lipinski definition) is 0. The van der Waals surface area contributed by atoms with Gasteiger partial charge in [-0.05, 0) is 30.8 Å². The van der Waals surface area contributed by atoms with Crippen molar-refractivity contribution in [2.24, 2.45) is 22.1 Å². The van der Waals surface area contributed by atoms with Gasteiger partial charge in [-0.2, -0.15) is 10.2 Å². The molecule has 0 aliphatic carbocycles. The van der Waals surface area contributed by atoms with Crippen LogP contribution in [0.2, 0.25) is 0 Å². The smallest absolute Gasteiger partial charge is 0.0916 e. The maximum Gasteiger partial charge on any atom is 0.0916 e. The molecule has 13 heavy (non-hydrogen) atoms. The summed E-state index contributed by atoms with van der Waals surface area (Å²) in [5.74, 6) is 1.39. The molecule has 1 unspecified atom stereocenters. The van der Waals surface area contributed by atoms with Crippen LogP contribution in [-0.4, -0.2) is 6.04 Å². The first-order valence-corrected chi connectivity index (χ1v) is 5.19. The number of rotatable bonds is 4. The van der Waals surface area contributed by atoms with Gasteiger partial charge < -0.3 is 0 Å². The van der Waals surface area contributed by atoms with Crippen LogP contribution in [0.1, 0.15) is 40.5 Å². The van der Waals surface area contributed by atoms with Crippen LogP contribution in [0.25, 0.3) is 0 Å². The Morgan fingerprint density at radius 1 is 1.23 bits per heavy atom. The Hall–Kier alpha value is -0.660. The van der Waals surface area contributed by atoms with Gasteiger partial charge in [-0.25, -0.2) is 0 Å². The second kappa shape index (κ2) is 4.54. The molecule has 0 aromatic carbocycles. The predicted molar refractivity (Wildman–Crippen MR) is 55.6 cm³/mol. The van der Waals surface area contributed by atoms with E-state index in [4.69, 9.17) is 0 Å². The summed E-state index contributed by atoms with van der Waals surface area (Å²) in [6, 6.07) is 0.355. The minimum absolute atomic E-state index is 0.355. The molecule has 0 bridgehead atoms. The molecule has 1 aliphatic heterocycles. The van der Waals surface area contributed by atoms with Crippen LogP contribution < -0.4 is 0 Å². The molecule has 1 heterocycles. The first-order chi connectivity index (χ1) is 6.08. The SMILES string of the molecule is CC(C)CC1=CC(CC(C)C)N=N1. The van der Waals surface area contributed by atoms with Crippen LogP contribution >= 0.6 is 0 Å². The van der Waals surface area contributed by atoms with E-state index in [1.807, 2.05) is 0 Å². The van der Waals surface area contributed by atoms with Crippen molar-refractivity contribution in [1.29, 1.82) is 0 Å². The van der Waals surface area contributed by atoms with Gasteiger partial charge in [0.2, 0.25) is 0 Å². The van der Waals surface area contributed by atoms with Gasteiger partial charge in [0.15, 0.2) is 0 Å². The van der Waals surface area contributed by atoms with Crippen molar-refractivity contribution in [2.75, 3.05) is 0 Å². The van der Waals surface area contributed by atoms with Crippen LogP contribution in [0, 0.1) is 11.8 Å². The lowest BCUT2D eigenvalue weighted by molar-refractivity contribution is 0.544. The van der Waals surface area contributed by atoms with Crippen molar-refractivity contribution in [3.8, 4) is 0 Å². The van der Waals surface area contributed by atoms with Crippen LogP contribution in [0.5, 0.6) is 0 Å². The Kier molecular flexibility index (Phi) is 3.64. The third-order valence-corrected chi connectivity index (χ3v) is 2.05. The van der Waals surface area contributed by atoms with E-state index >= 15 is 0 Å². The molecule has 2 nitrogen and oxygen atoms in total. The first-order valence-electron chi connectivity index (χ1n) is 5.19. The second-order valence-corrected chi connectivity index (χ2v) is 4.67. The Bertz CT molecular complexity index is 214. The summed E-state index contributed by atoms with van der Waals surface area (Å²) in [6.07, 6.45) is 4.42. The van der Waals surface area contributed by atoms with Crippen molar-refractivity contribution in [1.82, 2.24) is 0 Å². The molecule has 0 fully saturated rings. The molecular weight excluding hydrogens is 160 g/mol. The molecule has 0 saturated carbocycles. The molecule has 2 heteroatoms. The van der Waals surface area contributed by atoms with Crippen molar-refractivity contribution < 1.29 is 0 Å². The molecule has 0 spiro atoms. The number of azo groups is 1. The largest absolute Gasteiger partial charge is 0.181 e. The summed E-state index contributed by atoms with van der Waals surface area (Å²) in [5, 5.41) is 8.44. The fourth-order valence-corrected chi connectivity index (χ4v) is 1.56. The molecule has 0 N–H and O–H groups in total. The summed E-state index contributed by atoms with van der Waals surface area (Å²) in [7, 11) is 0. The van der Waals surface area contributed by atoms with E-state index in [9.17, 15) is 0 Å². The zero-order valence-electron chi connectivity index (χ0n) is 9.12. The maximum absolute atomic E-state index is 4.24. The van der Waals surface area contributed by atoms with Crippen LogP contribution in [0.4, 0.5) is 0 Å². The lowest BCUT2D eigenvalue weighted by Crippen LogP contribution is -2.02. The zero-order valence-corrected chi connectivity index (χ0v) is 9.12. The molecule has 0 saturated heterocycles. The lowest BCUT2D eigenvalue weighted by Gasteiger charge is -2.05. The third kappa shape index (κ3) is 3.71. The molecular formula is C11H20N2. The quantitative estimate of drug-likeness (QED) is 0.628. The minimum atomic E-state index is 0.355. The van der Waals surface area contributed by atoms with Gasteiger partial charge in [0, 0.05) is 0 Å². The molecule has 0 radical (unpaired) electrons. The molecule has 0 amide bonds. The molecule has 0 aromatic rings. The highest BCUT2D eigenvalue weighted by Crippen LogP contribution is 2.23. The van der Waals surface area contributed by atoms with Crippen molar-refractivity contribution in [3.63, 3.8) is 0 Å². The summed E-state index contributed by atoms with van der Waals surface area (Å²) in [5.41, 5.74) is 1.18. The molecule has 0 aromatic heterocycles. The van der Waals surface area contributed by atoms with Crippen LogP contribution in [-0.2, 0) is 0 Å². The fourth-order valence-electron chi connectivity index (χ4n) is 1.56. The summed E-state index contributed by atoms with van der Waals surface area (Å²) >= 11 is 0. The van der Waals surface area contributed by atoms with Gasteiger partial charge in [-0.15, -0.1) is 0 Å². The zero-order chi connectivity index (χ0) is 9.84. The van der Waals surface area contributed by atoms with Gasteiger partial charge in [-0.3, -0.25) is 0 Å². The topological polar surface area (TPSA) is 24.7 Å². The van der Waals surface area contributed by atoms with E-state index in [0.717, 1.165) is 12.8 Å². The highest BCUT2D eigenvalue weighted by molar-refractivity contribution is 5.10. The Balaban J connectivity index is 2.41. The van der Waals surface area contributed by atoms with Crippen molar-refractivity contribution >= 4 is 0 Å². The Morgan fingerprint density at radius 3 is 2.46 bits per heavy atom. The van der Waals surface area contributed by atoms with Crippen LogP contribution in [0.15, 0.2) is 22.0 Å². The van der Waals surface area contributed by atoms with Gasteiger partial charge in [0.05, 0.1) is 11.7 Å². The highest BCUT2D eigenvalue weighted by atomic mass is 15.2. The molecule has 1 atom stereocenters. The monoisotopic (exact) mass is 180 g/mol. The predicted octanol–water partition coefficient (Wildman–Crippen LogP) is 3.80.